The lowest BCUT2D eigenvalue weighted by Crippen LogP contribution is -2.43. The third-order valence-corrected chi connectivity index (χ3v) is 4.38. The molecular formula is C17H23N5O3. The summed E-state index contributed by atoms with van der Waals surface area (Å²) in [5.74, 6) is -0.199. The fraction of sp³-hybridized carbons (Fsp3) is 0.471. The highest BCUT2D eigenvalue weighted by molar-refractivity contribution is 5.93. The molecule has 0 aliphatic heterocycles. The minimum absolute atomic E-state index is 0.180. The lowest BCUT2D eigenvalue weighted by atomic mass is 9.96. The van der Waals surface area contributed by atoms with E-state index in [4.69, 9.17) is 0 Å². The first kappa shape index (κ1) is 17.1. The molecule has 1 aromatic heterocycles. The summed E-state index contributed by atoms with van der Waals surface area (Å²) in [7, 11) is 0. The van der Waals surface area contributed by atoms with E-state index in [1.807, 2.05) is 0 Å². The number of urea groups is 1. The second-order valence-corrected chi connectivity index (χ2v) is 6.37. The third-order valence-electron chi connectivity index (χ3n) is 4.38. The molecule has 1 heterocycles. The number of hydrogen-bond acceptors (Lipinski definition) is 3. The molecule has 0 bridgehead atoms. The van der Waals surface area contributed by atoms with Crippen LogP contribution in [0.15, 0.2) is 23.0 Å². The van der Waals surface area contributed by atoms with Gasteiger partial charge in [-0.1, -0.05) is 19.3 Å². The lowest BCUT2D eigenvalue weighted by Gasteiger charge is -2.22. The molecular weight excluding hydrogens is 322 g/mol. The number of carbonyl (C=O) groups excluding carboxylic acids is 2. The Morgan fingerprint density at radius 1 is 1.08 bits per heavy atom. The topological polar surface area (TPSA) is 119 Å². The van der Waals surface area contributed by atoms with E-state index < -0.39 is 0 Å². The number of aromatic amines is 2. The zero-order valence-electron chi connectivity index (χ0n) is 14.0. The molecule has 1 aromatic carbocycles. The standard InChI is InChI=1S/C17H23N5O3/c23-15(8-9-18-16(24)20-11-4-2-1-3-5-11)19-12-6-7-13-14(10-12)22-17(25)21-13/h6-7,10-11H,1-5,8-9H2,(H,19,23)(H2,18,20,24)(H2,21,22,25). The van der Waals surface area contributed by atoms with Crippen LogP contribution >= 0.6 is 0 Å². The van der Waals surface area contributed by atoms with E-state index in [0.717, 1.165) is 25.7 Å². The first-order valence-corrected chi connectivity index (χ1v) is 8.66. The van der Waals surface area contributed by atoms with Crippen LogP contribution < -0.4 is 21.6 Å². The van der Waals surface area contributed by atoms with Crippen molar-refractivity contribution in [2.45, 2.75) is 44.6 Å². The fourth-order valence-corrected chi connectivity index (χ4v) is 3.11. The van der Waals surface area contributed by atoms with E-state index in [1.54, 1.807) is 18.2 Å². The zero-order valence-corrected chi connectivity index (χ0v) is 14.0. The minimum atomic E-state index is -0.286. The summed E-state index contributed by atoms with van der Waals surface area (Å²) >= 11 is 0. The number of H-pyrrole nitrogens is 2. The number of carbonyl (C=O) groups is 2. The maximum atomic E-state index is 12.0. The normalized spacial score (nSPS) is 15.0. The molecule has 25 heavy (non-hydrogen) atoms. The van der Waals surface area contributed by atoms with Crippen LogP contribution in [0.25, 0.3) is 11.0 Å². The summed E-state index contributed by atoms with van der Waals surface area (Å²) in [6.45, 7) is 0.271. The molecule has 8 heteroatoms. The van der Waals surface area contributed by atoms with Crippen molar-refractivity contribution >= 4 is 28.7 Å². The van der Waals surface area contributed by atoms with Crippen molar-refractivity contribution < 1.29 is 9.59 Å². The van der Waals surface area contributed by atoms with Gasteiger partial charge in [0, 0.05) is 24.7 Å². The molecule has 1 aliphatic rings. The van der Waals surface area contributed by atoms with E-state index in [1.165, 1.54) is 6.42 Å². The molecule has 0 atom stereocenters. The number of amides is 3. The summed E-state index contributed by atoms with van der Waals surface area (Å²) in [6, 6.07) is 5.16. The van der Waals surface area contributed by atoms with Gasteiger partial charge in [0.2, 0.25) is 5.91 Å². The van der Waals surface area contributed by atoms with Crippen molar-refractivity contribution in [1.82, 2.24) is 20.6 Å². The minimum Gasteiger partial charge on any atom is -0.338 e. The Balaban J connectivity index is 1.41. The molecule has 1 fully saturated rings. The van der Waals surface area contributed by atoms with Crippen molar-refractivity contribution in [2.24, 2.45) is 0 Å². The van der Waals surface area contributed by atoms with Crippen LogP contribution in [0, 0.1) is 0 Å². The van der Waals surface area contributed by atoms with Crippen LogP contribution in [0.5, 0.6) is 0 Å². The second-order valence-electron chi connectivity index (χ2n) is 6.37. The smallest absolute Gasteiger partial charge is 0.323 e. The van der Waals surface area contributed by atoms with Gasteiger partial charge in [0.15, 0.2) is 0 Å². The van der Waals surface area contributed by atoms with Crippen LogP contribution in [0.4, 0.5) is 10.5 Å². The maximum absolute atomic E-state index is 12.0. The van der Waals surface area contributed by atoms with Gasteiger partial charge >= 0.3 is 11.7 Å². The maximum Gasteiger partial charge on any atom is 0.323 e. The van der Waals surface area contributed by atoms with Crippen LogP contribution in [0.1, 0.15) is 38.5 Å². The van der Waals surface area contributed by atoms with Crippen molar-refractivity contribution in [3.8, 4) is 0 Å². The SMILES string of the molecule is O=C(CCNC(=O)NC1CCCCC1)Nc1ccc2[nH]c(=O)[nH]c2c1. The zero-order chi connectivity index (χ0) is 17.6. The largest absolute Gasteiger partial charge is 0.338 e. The summed E-state index contributed by atoms with van der Waals surface area (Å²) < 4.78 is 0. The highest BCUT2D eigenvalue weighted by Gasteiger charge is 2.15. The van der Waals surface area contributed by atoms with Gasteiger partial charge in [0.05, 0.1) is 11.0 Å². The Labute approximate surface area is 144 Å². The molecule has 3 amide bonds. The van der Waals surface area contributed by atoms with Crippen molar-refractivity contribution in [2.75, 3.05) is 11.9 Å². The number of hydrogen-bond donors (Lipinski definition) is 5. The number of benzene rings is 1. The van der Waals surface area contributed by atoms with Gasteiger partial charge < -0.3 is 25.9 Å². The van der Waals surface area contributed by atoms with Gasteiger partial charge in [-0.2, -0.15) is 0 Å². The molecule has 5 N–H and O–H groups in total. The van der Waals surface area contributed by atoms with E-state index in [-0.39, 0.29) is 36.6 Å². The number of nitrogens with one attached hydrogen (secondary N) is 5. The average Bonchev–Trinajstić information content (AvgIpc) is 2.95. The second kappa shape index (κ2) is 7.87. The molecule has 0 spiro atoms. The number of rotatable bonds is 5. The Morgan fingerprint density at radius 2 is 1.84 bits per heavy atom. The fourth-order valence-electron chi connectivity index (χ4n) is 3.11. The van der Waals surface area contributed by atoms with Gasteiger partial charge in [0.1, 0.15) is 0 Å². The van der Waals surface area contributed by atoms with Crippen LogP contribution in [0.2, 0.25) is 0 Å². The molecule has 0 radical (unpaired) electrons. The monoisotopic (exact) mass is 345 g/mol. The van der Waals surface area contributed by atoms with Gasteiger partial charge in [-0.3, -0.25) is 4.79 Å². The van der Waals surface area contributed by atoms with Gasteiger partial charge in [-0.25, -0.2) is 9.59 Å². The Morgan fingerprint density at radius 3 is 2.64 bits per heavy atom. The van der Waals surface area contributed by atoms with Crippen LogP contribution in [-0.2, 0) is 4.79 Å². The van der Waals surface area contributed by atoms with Gasteiger partial charge in [-0.05, 0) is 31.0 Å². The van der Waals surface area contributed by atoms with Crippen molar-refractivity contribution in [1.29, 1.82) is 0 Å². The van der Waals surface area contributed by atoms with E-state index in [0.29, 0.717) is 16.7 Å². The summed E-state index contributed by atoms with van der Waals surface area (Å²) in [5, 5.41) is 8.41. The highest BCUT2D eigenvalue weighted by atomic mass is 16.2. The molecule has 134 valence electrons. The van der Waals surface area contributed by atoms with Gasteiger partial charge in [-0.15, -0.1) is 0 Å². The Bertz CT molecular complexity index is 804. The van der Waals surface area contributed by atoms with Crippen LogP contribution in [0.3, 0.4) is 0 Å². The quantitative estimate of drug-likeness (QED) is 0.568. The number of fused-ring (bicyclic) bond motifs is 1. The van der Waals surface area contributed by atoms with Gasteiger partial charge in [0.25, 0.3) is 0 Å². The summed E-state index contributed by atoms with van der Waals surface area (Å²) in [5.41, 5.74) is 1.63. The first-order valence-electron chi connectivity index (χ1n) is 8.66. The number of imidazole rings is 1. The third kappa shape index (κ3) is 4.85. The van der Waals surface area contributed by atoms with E-state index in [9.17, 15) is 14.4 Å². The molecule has 1 saturated carbocycles. The molecule has 1 aliphatic carbocycles. The molecule has 8 nitrogen and oxygen atoms in total. The Kier molecular flexibility index (Phi) is 5.37. The molecule has 3 rings (SSSR count). The van der Waals surface area contributed by atoms with Crippen molar-refractivity contribution in [3.05, 3.63) is 28.7 Å². The lowest BCUT2D eigenvalue weighted by molar-refractivity contribution is -0.116. The number of aromatic nitrogens is 2. The van der Waals surface area contributed by atoms with E-state index >= 15 is 0 Å². The van der Waals surface area contributed by atoms with Crippen molar-refractivity contribution in [3.63, 3.8) is 0 Å². The van der Waals surface area contributed by atoms with E-state index in [2.05, 4.69) is 25.9 Å². The molecule has 2 aromatic rings. The highest BCUT2D eigenvalue weighted by Crippen LogP contribution is 2.17. The molecule has 0 unspecified atom stereocenters. The van der Waals surface area contributed by atoms with Crippen LogP contribution in [-0.4, -0.2) is 34.5 Å². The average molecular weight is 345 g/mol. The predicted molar refractivity (Wildman–Crippen MR) is 95.6 cm³/mol. The predicted octanol–water partition coefficient (Wildman–Crippen LogP) is 1.82. The summed E-state index contributed by atoms with van der Waals surface area (Å²) in [4.78, 5) is 40.3. The Hall–Kier alpha value is -2.77. The summed E-state index contributed by atoms with van der Waals surface area (Å²) in [6.07, 6.45) is 5.78. The molecule has 0 saturated heterocycles. The first-order chi connectivity index (χ1) is 12.1. The number of anilines is 1.